The molecule has 0 aliphatic rings. The van der Waals surface area contributed by atoms with Crippen LogP contribution in [-0.2, 0) is 0 Å². The minimum Gasteiger partial charge on any atom is -0.423 e. The minimum atomic E-state index is -0.315. The second-order valence-electron chi connectivity index (χ2n) is 5.49. The van der Waals surface area contributed by atoms with Crippen LogP contribution in [0.3, 0.4) is 0 Å². The maximum absolute atomic E-state index is 12.1. The van der Waals surface area contributed by atoms with Gasteiger partial charge in [-0.1, -0.05) is 32.0 Å². The first-order valence-electron chi connectivity index (χ1n) is 6.86. The van der Waals surface area contributed by atoms with Gasteiger partial charge in [-0.05, 0) is 60.7 Å². The van der Waals surface area contributed by atoms with Gasteiger partial charge in [0.1, 0.15) is 5.75 Å². The van der Waals surface area contributed by atoms with Crippen LogP contribution in [0, 0.1) is 13.8 Å². The van der Waals surface area contributed by atoms with Gasteiger partial charge in [0.15, 0.2) is 0 Å². The number of esters is 1. The Kier molecular flexibility index (Phi) is 4.23. The highest BCUT2D eigenvalue weighted by Crippen LogP contribution is 2.19. The average Bonchev–Trinajstić information content (AvgIpc) is 2.37. The predicted octanol–water partition coefficient (Wildman–Crippen LogP) is 4.65. The summed E-state index contributed by atoms with van der Waals surface area (Å²) in [6.45, 7) is 8.23. The second-order valence-corrected chi connectivity index (χ2v) is 5.49. The summed E-state index contributed by atoms with van der Waals surface area (Å²) in [5.74, 6) is 0.741. The first kappa shape index (κ1) is 14.3. The molecule has 0 aromatic heterocycles. The normalized spacial score (nSPS) is 10.7. The van der Waals surface area contributed by atoms with Gasteiger partial charge in [0.25, 0.3) is 0 Å². The third-order valence-electron chi connectivity index (χ3n) is 3.22. The summed E-state index contributed by atoms with van der Waals surface area (Å²) < 4.78 is 5.42. The van der Waals surface area contributed by atoms with Gasteiger partial charge in [0.05, 0.1) is 5.56 Å². The molecule has 0 heterocycles. The summed E-state index contributed by atoms with van der Waals surface area (Å²) >= 11 is 0. The molecule has 0 fully saturated rings. The zero-order chi connectivity index (χ0) is 14.7. The fraction of sp³-hybridized carbons (Fsp3) is 0.278. The van der Waals surface area contributed by atoms with Crippen molar-refractivity contribution in [3.63, 3.8) is 0 Å². The van der Waals surface area contributed by atoms with E-state index in [4.69, 9.17) is 4.74 Å². The van der Waals surface area contributed by atoms with Crippen LogP contribution in [0.4, 0.5) is 0 Å². The minimum absolute atomic E-state index is 0.315. The van der Waals surface area contributed by atoms with Crippen molar-refractivity contribution < 1.29 is 9.53 Å². The molecule has 0 bridgehead atoms. The van der Waals surface area contributed by atoms with Gasteiger partial charge < -0.3 is 4.74 Å². The topological polar surface area (TPSA) is 26.3 Å². The van der Waals surface area contributed by atoms with E-state index >= 15 is 0 Å². The van der Waals surface area contributed by atoms with Gasteiger partial charge >= 0.3 is 5.97 Å². The molecule has 0 unspecified atom stereocenters. The largest absolute Gasteiger partial charge is 0.423 e. The molecule has 0 amide bonds. The van der Waals surface area contributed by atoms with Gasteiger partial charge in [-0.25, -0.2) is 4.79 Å². The number of hydrogen-bond donors (Lipinski definition) is 0. The van der Waals surface area contributed by atoms with Crippen molar-refractivity contribution in [1.82, 2.24) is 0 Å². The summed E-state index contributed by atoms with van der Waals surface area (Å²) in [5.41, 5.74) is 3.97. The zero-order valence-corrected chi connectivity index (χ0v) is 12.4. The first-order chi connectivity index (χ1) is 9.45. The summed E-state index contributed by atoms with van der Waals surface area (Å²) in [5, 5.41) is 0. The summed E-state index contributed by atoms with van der Waals surface area (Å²) in [6.07, 6.45) is 0. The molecule has 0 aliphatic heterocycles. The SMILES string of the molecule is Cc1cc(C)cc(OC(=O)c2ccc(C(C)C)cc2)c1. The van der Waals surface area contributed by atoms with Crippen LogP contribution in [0.25, 0.3) is 0 Å². The Morgan fingerprint density at radius 1 is 0.950 bits per heavy atom. The standard InChI is InChI=1S/C18H20O2/c1-12(2)15-5-7-16(8-6-15)18(19)20-17-10-13(3)9-14(4)11-17/h5-12H,1-4H3. The van der Waals surface area contributed by atoms with Crippen LogP contribution in [0.1, 0.15) is 46.8 Å². The third kappa shape index (κ3) is 3.47. The number of benzene rings is 2. The van der Waals surface area contributed by atoms with Crippen molar-refractivity contribution in [3.8, 4) is 5.75 Å². The molecule has 0 spiro atoms. The maximum atomic E-state index is 12.1. The van der Waals surface area contributed by atoms with Gasteiger partial charge in [0, 0.05) is 0 Å². The average molecular weight is 268 g/mol. The Hall–Kier alpha value is -2.09. The molecule has 104 valence electrons. The molecule has 20 heavy (non-hydrogen) atoms. The van der Waals surface area contributed by atoms with E-state index in [0.29, 0.717) is 17.2 Å². The highest BCUT2D eigenvalue weighted by molar-refractivity contribution is 5.91. The van der Waals surface area contributed by atoms with Crippen LogP contribution in [0.2, 0.25) is 0 Å². The van der Waals surface area contributed by atoms with Crippen LogP contribution in [-0.4, -0.2) is 5.97 Å². The van der Waals surface area contributed by atoms with E-state index in [1.54, 1.807) is 0 Å². The molecule has 2 aromatic rings. The molecule has 0 N–H and O–H groups in total. The van der Waals surface area contributed by atoms with E-state index in [-0.39, 0.29) is 5.97 Å². The zero-order valence-electron chi connectivity index (χ0n) is 12.4. The molecular formula is C18H20O2. The Morgan fingerprint density at radius 3 is 2.00 bits per heavy atom. The van der Waals surface area contributed by atoms with Crippen molar-refractivity contribution in [2.24, 2.45) is 0 Å². The molecule has 2 aromatic carbocycles. The lowest BCUT2D eigenvalue weighted by Crippen LogP contribution is -2.08. The molecule has 2 heteroatoms. The highest BCUT2D eigenvalue weighted by Gasteiger charge is 2.09. The molecule has 0 saturated carbocycles. The van der Waals surface area contributed by atoms with Gasteiger partial charge in [-0.3, -0.25) is 0 Å². The van der Waals surface area contributed by atoms with Crippen LogP contribution < -0.4 is 4.74 Å². The number of carbonyl (C=O) groups excluding carboxylic acids is 1. The Morgan fingerprint density at radius 2 is 1.50 bits per heavy atom. The Bertz CT molecular complexity index is 590. The monoisotopic (exact) mass is 268 g/mol. The Labute approximate surface area is 120 Å². The van der Waals surface area contributed by atoms with E-state index in [1.807, 2.05) is 50.2 Å². The highest BCUT2D eigenvalue weighted by atomic mass is 16.5. The number of hydrogen-bond acceptors (Lipinski definition) is 2. The molecule has 0 radical (unpaired) electrons. The van der Waals surface area contributed by atoms with E-state index in [2.05, 4.69) is 19.9 Å². The van der Waals surface area contributed by atoms with E-state index in [9.17, 15) is 4.79 Å². The lowest BCUT2D eigenvalue weighted by atomic mass is 10.0. The van der Waals surface area contributed by atoms with Crippen molar-refractivity contribution in [2.75, 3.05) is 0 Å². The van der Waals surface area contributed by atoms with E-state index in [0.717, 1.165) is 11.1 Å². The summed E-state index contributed by atoms with van der Waals surface area (Å²) in [6, 6.07) is 13.4. The molecule has 0 saturated heterocycles. The predicted molar refractivity (Wildman–Crippen MR) is 81.4 cm³/mol. The lowest BCUT2D eigenvalue weighted by Gasteiger charge is -2.08. The number of carbonyl (C=O) groups is 1. The Balaban J connectivity index is 2.15. The first-order valence-corrected chi connectivity index (χ1v) is 6.86. The number of ether oxygens (including phenoxy) is 1. The van der Waals surface area contributed by atoms with Crippen LogP contribution >= 0.6 is 0 Å². The molecular weight excluding hydrogens is 248 g/mol. The fourth-order valence-corrected chi connectivity index (χ4v) is 2.16. The van der Waals surface area contributed by atoms with Crippen molar-refractivity contribution in [1.29, 1.82) is 0 Å². The number of rotatable bonds is 3. The summed E-state index contributed by atoms with van der Waals surface area (Å²) in [4.78, 5) is 12.1. The lowest BCUT2D eigenvalue weighted by molar-refractivity contribution is 0.0734. The quantitative estimate of drug-likeness (QED) is 0.598. The van der Waals surface area contributed by atoms with Crippen LogP contribution in [0.15, 0.2) is 42.5 Å². The van der Waals surface area contributed by atoms with E-state index < -0.39 is 0 Å². The number of aryl methyl sites for hydroxylation is 2. The van der Waals surface area contributed by atoms with E-state index in [1.165, 1.54) is 5.56 Å². The smallest absolute Gasteiger partial charge is 0.343 e. The molecule has 2 rings (SSSR count). The summed E-state index contributed by atoms with van der Waals surface area (Å²) in [7, 11) is 0. The van der Waals surface area contributed by atoms with Gasteiger partial charge in [0.2, 0.25) is 0 Å². The molecule has 0 atom stereocenters. The van der Waals surface area contributed by atoms with Crippen LogP contribution in [0.5, 0.6) is 5.75 Å². The maximum Gasteiger partial charge on any atom is 0.343 e. The van der Waals surface area contributed by atoms with Crippen molar-refractivity contribution >= 4 is 5.97 Å². The van der Waals surface area contributed by atoms with Crippen molar-refractivity contribution in [3.05, 3.63) is 64.7 Å². The molecule has 2 nitrogen and oxygen atoms in total. The van der Waals surface area contributed by atoms with Crippen molar-refractivity contribution in [2.45, 2.75) is 33.6 Å². The molecule has 0 aliphatic carbocycles. The van der Waals surface area contributed by atoms with Gasteiger partial charge in [-0.2, -0.15) is 0 Å². The fourth-order valence-electron chi connectivity index (χ4n) is 2.16. The van der Waals surface area contributed by atoms with Gasteiger partial charge in [-0.15, -0.1) is 0 Å². The second kappa shape index (κ2) is 5.91. The third-order valence-corrected chi connectivity index (χ3v) is 3.22.